The summed E-state index contributed by atoms with van der Waals surface area (Å²) in [5, 5.41) is 0. The van der Waals surface area contributed by atoms with Gasteiger partial charge in [-0.3, -0.25) is 0 Å². The van der Waals surface area contributed by atoms with Gasteiger partial charge in [-0.1, -0.05) is 35.3 Å². The molecule has 0 atom stereocenters. The van der Waals surface area contributed by atoms with Crippen LogP contribution < -0.4 is 5.46 Å². The third-order valence-electron chi connectivity index (χ3n) is 1.08. The summed E-state index contributed by atoms with van der Waals surface area (Å²) in [6.45, 7) is 2.06. The first-order chi connectivity index (χ1) is 3.79. The minimum atomic E-state index is 1.09. The number of aryl methyl sites for hydroxylation is 1. The summed E-state index contributed by atoms with van der Waals surface area (Å²) in [5.74, 6) is 0. The van der Waals surface area contributed by atoms with Crippen molar-refractivity contribution in [3.63, 3.8) is 0 Å². The zero-order valence-corrected chi connectivity index (χ0v) is 5.02. The van der Waals surface area contributed by atoms with Gasteiger partial charge in [-0.15, -0.1) is 0 Å². The van der Waals surface area contributed by atoms with E-state index in [1.807, 2.05) is 12.1 Å². The molecule has 0 aliphatic carbocycles. The lowest BCUT2D eigenvalue weighted by atomic mass is 9.95. The molecular formula is C7H8B. The van der Waals surface area contributed by atoms with Crippen LogP contribution in [-0.4, -0.2) is 7.85 Å². The Hall–Kier alpha value is -0.715. The highest BCUT2D eigenvalue weighted by atomic mass is 13.8. The SMILES string of the molecule is [BH]c1cccc(C)c1. The molecule has 0 unspecified atom stereocenters. The van der Waals surface area contributed by atoms with Gasteiger partial charge < -0.3 is 0 Å². The highest BCUT2D eigenvalue weighted by molar-refractivity contribution is 6.32. The molecule has 0 heterocycles. The van der Waals surface area contributed by atoms with Crippen molar-refractivity contribution in [2.24, 2.45) is 0 Å². The maximum absolute atomic E-state index is 3.78. The molecule has 8 heavy (non-hydrogen) atoms. The topological polar surface area (TPSA) is 0 Å². The fourth-order valence-corrected chi connectivity index (χ4v) is 0.712. The van der Waals surface area contributed by atoms with Crippen molar-refractivity contribution < 1.29 is 0 Å². The number of benzene rings is 1. The molecule has 1 aromatic carbocycles. The van der Waals surface area contributed by atoms with Crippen molar-refractivity contribution in [3.05, 3.63) is 29.8 Å². The molecule has 0 saturated heterocycles. The monoisotopic (exact) mass is 103 g/mol. The zero-order valence-electron chi connectivity index (χ0n) is 5.02. The van der Waals surface area contributed by atoms with Crippen LogP contribution in [-0.2, 0) is 0 Å². The van der Waals surface area contributed by atoms with Gasteiger partial charge in [0.2, 0.25) is 0 Å². The lowest BCUT2D eigenvalue weighted by Gasteiger charge is -1.90. The molecule has 0 saturated carbocycles. The maximum atomic E-state index is 3.78. The Morgan fingerprint density at radius 2 is 2.12 bits per heavy atom. The van der Waals surface area contributed by atoms with E-state index < -0.39 is 0 Å². The Morgan fingerprint density at radius 1 is 1.38 bits per heavy atom. The molecule has 0 spiro atoms. The van der Waals surface area contributed by atoms with Gasteiger partial charge in [-0.25, -0.2) is 0 Å². The second-order valence-electron chi connectivity index (χ2n) is 1.99. The molecule has 0 aliphatic heterocycles. The first kappa shape index (κ1) is 5.42. The van der Waals surface area contributed by atoms with Crippen molar-refractivity contribution in [3.8, 4) is 0 Å². The highest BCUT2D eigenvalue weighted by Gasteiger charge is 1.80. The molecule has 1 radical (unpaired) electrons. The summed E-state index contributed by atoms with van der Waals surface area (Å²) >= 11 is 0. The normalized spacial score (nSPS) is 9.12. The van der Waals surface area contributed by atoms with Crippen LogP contribution in [0.5, 0.6) is 0 Å². The van der Waals surface area contributed by atoms with Crippen LogP contribution in [0.15, 0.2) is 24.3 Å². The fraction of sp³-hybridized carbons (Fsp3) is 0.143. The molecule has 0 aliphatic rings. The van der Waals surface area contributed by atoms with Gasteiger partial charge in [-0.05, 0) is 6.92 Å². The van der Waals surface area contributed by atoms with Crippen LogP contribution in [0.4, 0.5) is 0 Å². The first-order valence-electron chi connectivity index (χ1n) is 2.67. The molecule has 0 bridgehead atoms. The predicted octanol–water partition coefficient (Wildman–Crippen LogP) is 0.521. The fourth-order valence-electron chi connectivity index (χ4n) is 0.712. The largest absolute Gasteiger partial charge is 0.129 e. The second kappa shape index (κ2) is 2.04. The van der Waals surface area contributed by atoms with E-state index in [9.17, 15) is 0 Å². The van der Waals surface area contributed by atoms with Crippen molar-refractivity contribution in [2.75, 3.05) is 0 Å². The molecule has 0 nitrogen and oxygen atoms in total. The summed E-state index contributed by atoms with van der Waals surface area (Å²) in [6.07, 6.45) is 0. The van der Waals surface area contributed by atoms with Gasteiger partial charge in [-0.2, -0.15) is 0 Å². The quantitative estimate of drug-likeness (QED) is 0.420. The van der Waals surface area contributed by atoms with E-state index in [-0.39, 0.29) is 0 Å². The molecule has 0 fully saturated rings. The summed E-state index contributed by atoms with van der Waals surface area (Å²) < 4.78 is 0. The lowest BCUT2D eigenvalue weighted by molar-refractivity contribution is 1.50. The Balaban J connectivity index is 3.08. The number of hydrogen-bond donors (Lipinski definition) is 0. The van der Waals surface area contributed by atoms with Gasteiger partial charge >= 0.3 is 0 Å². The molecule has 1 heteroatoms. The first-order valence-corrected chi connectivity index (χ1v) is 2.67. The molecule has 0 aromatic heterocycles. The molecule has 39 valence electrons. The van der Waals surface area contributed by atoms with E-state index in [2.05, 4.69) is 26.9 Å². The standard InChI is InChI=1S/C7H8B/c1-6-3-2-4-7(8)5-6/h2-5,8H,1H3. The summed E-state index contributed by atoms with van der Waals surface area (Å²) in [7, 11) is 3.78. The average molecular weight is 103 g/mol. The summed E-state index contributed by atoms with van der Waals surface area (Å²) in [6, 6.07) is 8.12. The zero-order chi connectivity index (χ0) is 5.98. The van der Waals surface area contributed by atoms with Crippen LogP contribution in [0, 0.1) is 6.92 Å². The molecule has 0 amide bonds. The maximum Gasteiger partial charge on any atom is 0.129 e. The van der Waals surface area contributed by atoms with E-state index >= 15 is 0 Å². The lowest BCUT2D eigenvalue weighted by Crippen LogP contribution is -1.99. The third-order valence-corrected chi connectivity index (χ3v) is 1.08. The Labute approximate surface area is 50.9 Å². The van der Waals surface area contributed by atoms with Gasteiger partial charge in [0, 0.05) is 0 Å². The van der Waals surface area contributed by atoms with E-state index in [1.54, 1.807) is 0 Å². The third kappa shape index (κ3) is 1.13. The Kier molecular flexibility index (Phi) is 1.38. The molecule has 1 aromatic rings. The minimum Gasteiger partial charge on any atom is -0.0923 e. The van der Waals surface area contributed by atoms with Gasteiger partial charge in [0.25, 0.3) is 0 Å². The van der Waals surface area contributed by atoms with Gasteiger partial charge in [0.15, 0.2) is 0 Å². The van der Waals surface area contributed by atoms with Crippen LogP contribution in [0.2, 0.25) is 0 Å². The smallest absolute Gasteiger partial charge is 0.0923 e. The van der Waals surface area contributed by atoms with Crippen molar-refractivity contribution in [1.29, 1.82) is 0 Å². The molecular weight excluding hydrogens is 94.9 g/mol. The van der Waals surface area contributed by atoms with Crippen LogP contribution in [0.25, 0.3) is 0 Å². The van der Waals surface area contributed by atoms with E-state index in [0.29, 0.717) is 0 Å². The van der Waals surface area contributed by atoms with Crippen LogP contribution in [0.3, 0.4) is 0 Å². The van der Waals surface area contributed by atoms with E-state index in [4.69, 9.17) is 0 Å². The molecule has 0 N–H and O–H groups in total. The number of hydrogen-bond acceptors (Lipinski definition) is 0. The number of rotatable bonds is 0. The van der Waals surface area contributed by atoms with Crippen molar-refractivity contribution in [2.45, 2.75) is 6.92 Å². The van der Waals surface area contributed by atoms with Gasteiger partial charge in [0.1, 0.15) is 7.85 Å². The van der Waals surface area contributed by atoms with Gasteiger partial charge in [0.05, 0.1) is 0 Å². The molecule has 1 rings (SSSR count). The average Bonchev–Trinajstić information content (AvgIpc) is 1.64. The van der Waals surface area contributed by atoms with E-state index in [0.717, 1.165) is 5.46 Å². The Morgan fingerprint density at radius 3 is 2.50 bits per heavy atom. The second-order valence-corrected chi connectivity index (χ2v) is 1.99. The summed E-state index contributed by atoms with van der Waals surface area (Å²) in [5.41, 5.74) is 2.36. The highest BCUT2D eigenvalue weighted by Crippen LogP contribution is 1.89. The van der Waals surface area contributed by atoms with E-state index in [1.165, 1.54) is 5.56 Å². The minimum absolute atomic E-state index is 1.09. The van der Waals surface area contributed by atoms with Crippen LogP contribution >= 0.6 is 0 Å². The Bertz CT molecular complexity index is 164. The van der Waals surface area contributed by atoms with Crippen LogP contribution in [0.1, 0.15) is 5.56 Å². The van der Waals surface area contributed by atoms with Crippen molar-refractivity contribution in [1.82, 2.24) is 0 Å². The predicted molar refractivity (Wildman–Crippen MR) is 38.0 cm³/mol. The summed E-state index contributed by atoms with van der Waals surface area (Å²) in [4.78, 5) is 0. The van der Waals surface area contributed by atoms with Crippen molar-refractivity contribution >= 4 is 13.3 Å².